The minimum absolute atomic E-state index is 0.153. The van der Waals surface area contributed by atoms with Crippen LogP contribution in [-0.4, -0.2) is 62.9 Å². The zero-order chi connectivity index (χ0) is 24.5. The second-order valence-corrected chi connectivity index (χ2v) is 10.1. The lowest BCUT2D eigenvalue weighted by Crippen LogP contribution is -2.49. The molecule has 1 aromatic heterocycles. The molecule has 0 radical (unpaired) electrons. The molecule has 1 aliphatic heterocycles. The number of rotatable bonds is 6. The van der Waals surface area contributed by atoms with Gasteiger partial charge in [-0.3, -0.25) is 4.79 Å². The molecule has 0 N–H and O–H groups in total. The van der Waals surface area contributed by atoms with Crippen LogP contribution in [0.15, 0.2) is 58.2 Å². The van der Waals surface area contributed by atoms with E-state index in [-0.39, 0.29) is 10.5 Å². The van der Waals surface area contributed by atoms with E-state index in [4.69, 9.17) is 9.47 Å². The highest BCUT2D eigenvalue weighted by Crippen LogP contribution is 2.31. The first-order chi connectivity index (χ1) is 16.2. The number of methoxy groups -OCH3 is 2. The zero-order valence-electron chi connectivity index (χ0n) is 19.7. The lowest BCUT2D eigenvalue weighted by Gasteiger charge is -2.34. The van der Waals surface area contributed by atoms with Gasteiger partial charge < -0.3 is 14.4 Å². The molecule has 9 nitrogen and oxygen atoms in total. The molecule has 10 heteroatoms. The van der Waals surface area contributed by atoms with E-state index in [0.29, 0.717) is 49.2 Å². The third kappa shape index (κ3) is 4.51. The maximum Gasteiger partial charge on any atom is 0.271 e. The molecular formula is C24H28N4O5S. The van der Waals surface area contributed by atoms with Crippen molar-refractivity contribution < 1.29 is 17.9 Å². The van der Waals surface area contributed by atoms with E-state index in [1.165, 1.54) is 41.4 Å². The van der Waals surface area contributed by atoms with Gasteiger partial charge >= 0.3 is 0 Å². The van der Waals surface area contributed by atoms with Crippen LogP contribution < -0.4 is 19.9 Å². The summed E-state index contributed by atoms with van der Waals surface area (Å²) in [4.78, 5) is 14.6. The van der Waals surface area contributed by atoms with Crippen LogP contribution in [0.25, 0.3) is 5.69 Å². The number of benzene rings is 2. The van der Waals surface area contributed by atoms with Gasteiger partial charge in [-0.25, -0.2) is 8.42 Å². The Morgan fingerprint density at radius 3 is 2.18 bits per heavy atom. The summed E-state index contributed by atoms with van der Waals surface area (Å²) in [7, 11) is -0.724. The fourth-order valence-corrected chi connectivity index (χ4v) is 5.33. The highest BCUT2D eigenvalue weighted by atomic mass is 32.2. The van der Waals surface area contributed by atoms with Gasteiger partial charge in [0.1, 0.15) is 5.82 Å². The van der Waals surface area contributed by atoms with Gasteiger partial charge in [-0.05, 0) is 55.3 Å². The number of hydrogen-bond acceptors (Lipinski definition) is 7. The topological polar surface area (TPSA) is 94.0 Å². The van der Waals surface area contributed by atoms with E-state index >= 15 is 0 Å². The number of sulfonamides is 1. The Kier molecular flexibility index (Phi) is 6.63. The van der Waals surface area contributed by atoms with Gasteiger partial charge in [0.05, 0.1) is 24.8 Å². The highest BCUT2D eigenvalue weighted by Gasteiger charge is 2.30. The molecule has 2 heterocycles. The lowest BCUT2D eigenvalue weighted by atomic mass is 10.1. The first kappa shape index (κ1) is 23.8. The fraction of sp³-hybridized carbons (Fsp3) is 0.333. The molecule has 0 amide bonds. The van der Waals surface area contributed by atoms with Crippen molar-refractivity contribution in [3.63, 3.8) is 0 Å². The standard InChI is InChI=1S/C24H28N4O5S/c1-17-5-6-19(15-18(17)2)28-24(29)10-9-23(25-28)26-11-13-27(14-12-26)34(30,31)20-7-8-21(32-3)22(16-20)33-4/h5-10,15-16H,11-14H2,1-4H3. The summed E-state index contributed by atoms with van der Waals surface area (Å²) in [5.74, 6) is 1.46. The largest absolute Gasteiger partial charge is 0.493 e. The van der Waals surface area contributed by atoms with E-state index in [0.717, 1.165) is 11.1 Å². The van der Waals surface area contributed by atoms with Crippen molar-refractivity contribution in [2.24, 2.45) is 0 Å². The van der Waals surface area contributed by atoms with Gasteiger partial charge in [0.15, 0.2) is 11.5 Å². The van der Waals surface area contributed by atoms with E-state index in [1.54, 1.807) is 12.1 Å². The van der Waals surface area contributed by atoms with Gasteiger partial charge in [0.25, 0.3) is 5.56 Å². The van der Waals surface area contributed by atoms with Crippen molar-refractivity contribution in [2.75, 3.05) is 45.3 Å². The number of ether oxygens (including phenoxy) is 2. The summed E-state index contributed by atoms with van der Waals surface area (Å²) in [5.41, 5.74) is 2.69. The first-order valence-electron chi connectivity index (χ1n) is 10.9. The summed E-state index contributed by atoms with van der Waals surface area (Å²) in [6, 6.07) is 13.5. The SMILES string of the molecule is COc1ccc(S(=O)(=O)N2CCN(c3ccc(=O)n(-c4ccc(C)c(C)c4)n3)CC2)cc1OC. The number of aromatic nitrogens is 2. The predicted molar refractivity (Wildman–Crippen MR) is 130 cm³/mol. The van der Waals surface area contributed by atoms with Crippen molar-refractivity contribution in [1.82, 2.24) is 14.1 Å². The van der Waals surface area contributed by atoms with Crippen molar-refractivity contribution >= 4 is 15.8 Å². The first-order valence-corrected chi connectivity index (χ1v) is 12.3. The Morgan fingerprint density at radius 2 is 1.53 bits per heavy atom. The Morgan fingerprint density at radius 1 is 0.824 bits per heavy atom. The van der Waals surface area contributed by atoms with Gasteiger partial charge in [-0.15, -0.1) is 5.10 Å². The lowest BCUT2D eigenvalue weighted by molar-refractivity contribution is 0.353. The number of nitrogens with zero attached hydrogens (tertiary/aromatic N) is 4. The van der Waals surface area contributed by atoms with Gasteiger partial charge in [0.2, 0.25) is 10.0 Å². The average Bonchev–Trinajstić information content (AvgIpc) is 2.85. The molecule has 0 atom stereocenters. The number of anilines is 1. The van der Waals surface area contributed by atoms with Crippen LogP contribution in [0.4, 0.5) is 5.82 Å². The Balaban J connectivity index is 1.53. The Hall–Kier alpha value is -3.37. The highest BCUT2D eigenvalue weighted by molar-refractivity contribution is 7.89. The van der Waals surface area contributed by atoms with Crippen molar-refractivity contribution in [3.8, 4) is 17.2 Å². The Bertz CT molecular complexity index is 1360. The quantitative estimate of drug-likeness (QED) is 0.530. The van der Waals surface area contributed by atoms with Crippen LogP contribution in [0.2, 0.25) is 0 Å². The fourth-order valence-electron chi connectivity index (χ4n) is 3.90. The maximum atomic E-state index is 13.2. The van der Waals surface area contributed by atoms with Crippen molar-refractivity contribution in [3.05, 3.63) is 70.0 Å². The number of aryl methyl sites for hydroxylation is 2. The van der Waals surface area contributed by atoms with Crippen LogP contribution in [0.3, 0.4) is 0 Å². The predicted octanol–water partition coefficient (Wildman–Crippen LogP) is 2.38. The van der Waals surface area contributed by atoms with Crippen LogP contribution in [0, 0.1) is 13.8 Å². The minimum Gasteiger partial charge on any atom is -0.493 e. The molecule has 0 bridgehead atoms. The third-order valence-electron chi connectivity index (χ3n) is 6.08. The van der Waals surface area contributed by atoms with Crippen LogP contribution in [0.1, 0.15) is 11.1 Å². The molecule has 0 unspecified atom stereocenters. The van der Waals surface area contributed by atoms with Crippen molar-refractivity contribution in [1.29, 1.82) is 0 Å². The summed E-state index contributed by atoms with van der Waals surface area (Å²) in [6.45, 7) is 5.49. The summed E-state index contributed by atoms with van der Waals surface area (Å²) in [5, 5.41) is 4.56. The normalized spacial score (nSPS) is 14.8. The smallest absolute Gasteiger partial charge is 0.271 e. The molecular weight excluding hydrogens is 456 g/mol. The van der Waals surface area contributed by atoms with E-state index in [2.05, 4.69) is 5.10 Å². The molecule has 0 spiro atoms. The molecule has 1 aliphatic rings. The van der Waals surface area contributed by atoms with E-state index in [1.807, 2.05) is 36.9 Å². The molecule has 3 aromatic rings. The molecule has 34 heavy (non-hydrogen) atoms. The van der Waals surface area contributed by atoms with E-state index in [9.17, 15) is 13.2 Å². The van der Waals surface area contributed by atoms with Crippen LogP contribution in [0.5, 0.6) is 11.5 Å². The second-order valence-electron chi connectivity index (χ2n) is 8.12. The number of piperazine rings is 1. The maximum absolute atomic E-state index is 13.2. The molecule has 0 aliphatic carbocycles. The molecule has 0 saturated carbocycles. The van der Waals surface area contributed by atoms with Crippen LogP contribution in [-0.2, 0) is 10.0 Å². The Labute approximate surface area is 199 Å². The summed E-state index contributed by atoms with van der Waals surface area (Å²) < 4.78 is 39.7. The minimum atomic E-state index is -3.70. The van der Waals surface area contributed by atoms with Crippen molar-refractivity contribution in [2.45, 2.75) is 18.7 Å². The van der Waals surface area contributed by atoms with E-state index < -0.39 is 10.0 Å². The third-order valence-corrected chi connectivity index (χ3v) is 7.97. The average molecular weight is 485 g/mol. The molecule has 2 aromatic carbocycles. The van der Waals surface area contributed by atoms with Gasteiger partial charge in [0, 0.05) is 38.3 Å². The summed E-state index contributed by atoms with van der Waals surface area (Å²) >= 11 is 0. The molecule has 4 rings (SSSR count). The molecule has 180 valence electrons. The summed E-state index contributed by atoms with van der Waals surface area (Å²) in [6.07, 6.45) is 0. The molecule has 1 fully saturated rings. The zero-order valence-corrected chi connectivity index (χ0v) is 20.5. The van der Waals surface area contributed by atoms with Gasteiger partial charge in [-0.1, -0.05) is 6.07 Å². The van der Waals surface area contributed by atoms with Crippen LogP contribution >= 0.6 is 0 Å². The second kappa shape index (κ2) is 9.47. The van der Waals surface area contributed by atoms with Gasteiger partial charge in [-0.2, -0.15) is 8.99 Å². The molecule has 1 saturated heterocycles. The number of hydrogen-bond donors (Lipinski definition) is 0. The monoisotopic (exact) mass is 484 g/mol.